The average molecular weight is 325 g/mol. The van der Waals surface area contributed by atoms with Gasteiger partial charge < -0.3 is 15.2 Å². The lowest BCUT2D eigenvalue weighted by molar-refractivity contribution is -0.138. The van der Waals surface area contributed by atoms with Gasteiger partial charge in [0.05, 0.1) is 13.0 Å². The highest BCUT2D eigenvalue weighted by Crippen LogP contribution is 2.24. The molecule has 2 aromatic rings. The van der Waals surface area contributed by atoms with E-state index in [0.29, 0.717) is 17.0 Å². The molecule has 1 unspecified atom stereocenters. The number of methoxy groups -OCH3 is 1. The molecule has 0 aliphatic carbocycles. The van der Waals surface area contributed by atoms with Crippen molar-refractivity contribution in [3.05, 3.63) is 65.7 Å². The second-order valence-electron chi connectivity index (χ2n) is 5.25. The summed E-state index contributed by atoms with van der Waals surface area (Å²) in [6, 6.07) is 14.2. The molecular weight excluding hydrogens is 306 g/mol. The largest absolute Gasteiger partial charge is 0.497 e. The first-order valence-corrected chi connectivity index (χ1v) is 7.46. The molecule has 0 fully saturated rings. The van der Waals surface area contributed by atoms with Gasteiger partial charge in [0.2, 0.25) is 5.91 Å². The van der Waals surface area contributed by atoms with Crippen LogP contribution >= 0.6 is 0 Å². The SMILES string of the molecule is COc1cccc(C=CC(=O)Nc2ccccc2C(C)C(=O)O)c1. The third-order valence-electron chi connectivity index (χ3n) is 3.58. The Kier molecular flexibility index (Phi) is 5.73. The molecule has 0 aliphatic heterocycles. The Balaban J connectivity index is 2.12. The van der Waals surface area contributed by atoms with Crippen LogP contribution in [0.1, 0.15) is 24.0 Å². The molecular formula is C19H19NO4. The number of aliphatic carboxylic acids is 1. The first-order valence-electron chi connectivity index (χ1n) is 7.46. The zero-order chi connectivity index (χ0) is 17.5. The molecule has 0 saturated carbocycles. The third-order valence-corrected chi connectivity index (χ3v) is 3.58. The van der Waals surface area contributed by atoms with Gasteiger partial charge in [-0.15, -0.1) is 0 Å². The van der Waals surface area contributed by atoms with Crippen LogP contribution in [-0.4, -0.2) is 24.1 Å². The number of nitrogens with one attached hydrogen (secondary N) is 1. The van der Waals surface area contributed by atoms with Crippen LogP contribution in [-0.2, 0) is 9.59 Å². The monoisotopic (exact) mass is 325 g/mol. The lowest BCUT2D eigenvalue weighted by Gasteiger charge is -2.13. The molecule has 2 aromatic carbocycles. The van der Waals surface area contributed by atoms with E-state index < -0.39 is 11.9 Å². The zero-order valence-corrected chi connectivity index (χ0v) is 13.5. The summed E-state index contributed by atoms with van der Waals surface area (Å²) in [6.07, 6.45) is 3.07. The van der Waals surface area contributed by atoms with Gasteiger partial charge in [0.25, 0.3) is 0 Å². The number of carboxylic acid groups (broad SMARTS) is 1. The normalized spacial score (nSPS) is 11.9. The lowest BCUT2D eigenvalue weighted by Crippen LogP contribution is -2.14. The number of rotatable bonds is 6. The van der Waals surface area contributed by atoms with Crippen molar-refractivity contribution >= 4 is 23.6 Å². The number of carbonyl (C=O) groups excluding carboxylic acids is 1. The maximum atomic E-state index is 12.1. The first kappa shape index (κ1) is 17.3. The molecule has 0 bridgehead atoms. The predicted molar refractivity (Wildman–Crippen MR) is 93.2 cm³/mol. The van der Waals surface area contributed by atoms with E-state index in [-0.39, 0.29) is 5.91 Å². The van der Waals surface area contributed by atoms with Crippen molar-refractivity contribution < 1.29 is 19.4 Å². The number of anilines is 1. The highest BCUT2D eigenvalue weighted by molar-refractivity contribution is 6.02. The lowest BCUT2D eigenvalue weighted by atomic mass is 9.99. The predicted octanol–water partition coefficient (Wildman–Crippen LogP) is 3.54. The highest BCUT2D eigenvalue weighted by Gasteiger charge is 2.17. The van der Waals surface area contributed by atoms with Crippen molar-refractivity contribution in [1.29, 1.82) is 0 Å². The smallest absolute Gasteiger partial charge is 0.310 e. The van der Waals surface area contributed by atoms with E-state index in [4.69, 9.17) is 9.84 Å². The Hall–Kier alpha value is -3.08. The summed E-state index contributed by atoms with van der Waals surface area (Å²) < 4.78 is 5.13. The maximum absolute atomic E-state index is 12.1. The summed E-state index contributed by atoms with van der Waals surface area (Å²) in [6.45, 7) is 1.58. The van der Waals surface area contributed by atoms with E-state index in [2.05, 4.69) is 5.32 Å². The van der Waals surface area contributed by atoms with Gasteiger partial charge in [0, 0.05) is 11.8 Å². The third kappa shape index (κ3) is 4.46. The molecule has 1 amide bonds. The van der Waals surface area contributed by atoms with Gasteiger partial charge in [-0.3, -0.25) is 9.59 Å². The zero-order valence-electron chi connectivity index (χ0n) is 13.5. The molecule has 2 rings (SSSR count). The van der Waals surface area contributed by atoms with Gasteiger partial charge in [-0.2, -0.15) is 0 Å². The Morgan fingerprint density at radius 2 is 1.92 bits per heavy atom. The second kappa shape index (κ2) is 7.97. The van der Waals surface area contributed by atoms with Crippen molar-refractivity contribution in [2.45, 2.75) is 12.8 Å². The van der Waals surface area contributed by atoms with Crippen LogP contribution in [0.15, 0.2) is 54.6 Å². The summed E-state index contributed by atoms with van der Waals surface area (Å²) in [5, 5.41) is 11.9. The van der Waals surface area contributed by atoms with Crippen molar-refractivity contribution in [2.24, 2.45) is 0 Å². The molecule has 5 nitrogen and oxygen atoms in total. The standard InChI is InChI=1S/C19H19NO4/c1-13(19(22)23)16-8-3-4-9-17(16)20-18(21)11-10-14-6-5-7-15(12-14)24-2/h3-13H,1-2H3,(H,20,21)(H,22,23). The molecule has 0 heterocycles. The number of hydrogen-bond donors (Lipinski definition) is 2. The maximum Gasteiger partial charge on any atom is 0.310 e. The molecule has 0 spiro atoms. The Morgan fingerprint density at radius 1 is 1.17 bits per heavy atom. The summed E-state index contributed by atoms with van der Waals surface area (Å²) in [7, 11) is 1.58. The molecule has 2 N–H and O–H groups in total. The van der Waals surface area contributed by atoms with Gasteiger partial charge in [-0.1, -0.05) is 30.3 Å². The van der Waals surface area contributed by atoms with Gasteiger partial charge in [-0.05, 0) is 42.3 Å². The van der Waals surface area contributed by atoms with Crippen molar-refractivity contribution in [2.75, 3.05) is 12.4 Å². The quantitative estimate of drug-likeness (QED) is 0.797. The molecule has 24 heavy (non-hydrogen) atoms. The minimum absolute atomic E-state index is 0.331. The number of amides is 1. The average Bonchev–Trinajstić information content (AvgIpc) is 2.60. The summed E-state index contributed by atoms with van der Waals surface area (Å²) in [5.41, 5.74) is 1.89. The molecule has 5 heteroatoms. The van der Waals surface area contributed by atoms with Crippen molar-refractivity contribution in [3.8, 4) is 5.75 Å². The van der Waals surface area contributed by atoms with E-state index in [1.807, 2.05) is 24.3 Å². The van der Waals surface area contributed by atoms with Crippen LogP contribution < -0.4 is 10.1 Å². The summed E-state index contributed by atoms with van der Waals surface area (Å²) in [5.74, 6) is -1.27. The van der Waals surface area contributed by atoms with Crippen LogP contribution in [0.5, 0.6) is 5.75 Å². The fourth-order valence-electron chi connectivity index (χ4n) is 2.21. The Morgan fingerprint density at radius 3 is 2.62 bits per heavy atom. The van der Waals surface area contributed by atoms with Gasteiger partial charge >= 0.3 is 5.97 Å². The molecule has 0 aromatic heterocycles. The van der Waals surface area contributed by atoms with Crippen LogP contribution in [0.4, 0.5) is 5.69 Å². The first-order chi connectivity index (χ1) is 11.5. The van der Waals surface area contributed by atoms with Crippen molar-refractivity contribution in [1.82, 2.24) is 0 Å². The Labute approximate surface area is 140 Å². The number of ether oxygens (including phenoxy) is 1. The summed E-state index contributed by atoms with van der Waals surface area (Å²) >= 11 is 0. The fraction of sp³-hybridized carbons (Fsp3) is 0.158. The number of para-hydroxylation sites is 1. The molecule has 0 saturated heterocycles. The highest BCUT2D eigenvalue weighted by atomic mass is 16.5. The summed E-state index contributed by atoms with van der Waals surface area (Å²) in [4.78, 5) is 23.3. The van der Waals surface area contributed by atoms with Gasteiger partial charge in [-0.25, -0.2) is 0 Å². The Bertz CT molecular complexity index is 767. The minimum atomic E-state index is -0.941. The van der Waals surface area contributed by atoms with E-state index in [1.54, 1.807) is 44.4 Å². The minimum Gasteiger partial charge on any atom is -0.497 e. The van der Waals surface area contributed by atoms with Gasteiger partial charge in [0.15, 0.2) is 0 Å². The van der Waals surface area contributed by atoms with E-state index in [9.17, 15) is 9.59 Å². The fourth-order valence-corrected chi connectivity index (χ4v) is 2.21. The van der Waals surface area contributed by atoms with E-state index >= 15 is 0 Å². The van der Waals surface area contributed by atoms with Crippen LogP contribution in [0.3, 0.4) is 0 Å². The van der Waals surface area contributed by atoms with Crippen LogP contribution in [0.2, 0.25) is 0 Å². The number of hydrogen-bond acceptors (Lipinski definition) is 3. The van der Waals surface area contributed by atoms with Crippen LogP contribution in [0, 0.1) is 0 Å². The van der Waals surface area contributed by atoms with E-state index in [1.165, 1.54) is 6.08 Å². The number of benzene rings is 2. The van der Waals surface area contributed by atoms with E-state index in [0.717, 1.165) is 5.56 Å². The second-order valence-corrected chi connectivity index (χ2v) is 5.25. The number of carboxylic acids is 1. The molecule has 0 radical (unpaired) electrons. The molecule has 1 atom stereocenters. The van der Waals surface area contributed by atoms with Crippen LogP contribution in [0.25, 0.3) is 6.08 Å². The van der Waals surface area contributed by atoms with Crippen molar-refractivity contribution in [3.63, 3.8) is 0 Å². The topological polar surface area (TPSA) is 75.6 Å². The molecule has 0 aliphatic rings. The van der Waals surface area contributed by atoms with Gasteiger partial charge in [0.1, 0.15) is 5.75 Å². The molecule has 124 valence electrons. The number of carbonyl (C=O) groups is 2.